The molecule has 0 aromatic rings. The third kappa shape index (κ3) is 3.51. The normalized spacial score (nSPS) is 26.4. The molecule has 1 rings (SSSR count). The van der Waals surface area contributed by atoms with E-state index in [0.717, 1.165) is 19.1 Å². The first-order valence-electron chi connectivity index (χ1n) is 5.78. The Balaban J connectivity index is 2.62. The molecule has 0 radical (unpaired) electrons. The first kappa shape index (κ1) is 13.0. The van der Waals surface area contributed by atoms with Gasteiger partial charge in [0, 0.05) is 18.5 Å². The van der Waals surface area contributed by atoms with Crippen molar-refractivity contribution in [2.45, 2.75) is 52.2 Å². The zero-order chi connectivity index (χ0) is 12.3. The van der Waals surface area contributed by atoms with Gasteiger partial charge in [-0.1, -0.05) is 0 Å². The molecule has 2 atom stereocenters. The largest absolute Gasteiger partial charge is 0.444 e. The van der Waals surface area contributed by atoms with Gasteiger partial charge in [0.25, 0.3) is 0 Å². The van der Waals surface area contributed by atoms with Crippen molar-refractivity contribution in [3.8, 4) is 0 Å². The Bertz CT molecular complexity index is 270. The lowest BCUT2D eigenvalue weighted by Gasteiger charge is -2.37. The number of hydrogen-bond acceptors (Lipinski definition) is 3. The van der Waals surface area contributed by atoms with Crippen molar-refractivity contribution in [2.24, 2.45) is 5.92 Å². The van der Waals surface area contributed by atoms with Crippen molar-refractivity contribution in [1.82, 2.24) is 4.90 Å². The average molecular weight is 227 g/mol. The maximum Gasteiger partial charge on any atom is 0.410 e. The molecule has 0 aliphatic carbocycles. The minimum atomic E-state index is -0.481. The minimum absolute atomic E-state index is 0.0382. The van der Waals surface area contributed by atoms with Crippen LogP contribution in [0, 0.1) is 5.92 Å². The summed E-state index contributed by atoms with van der Waals surface area (Å²) in [5.74, 6) is -0.0382. The summed E-state index contributed by atoms with van der Waals surface area (Å²) in [7, 11) is 0. The van der Waals surface area contributed by atoms with Gasteiger partial charge in [0.1, 0.15) is 11.9 Å². The molecule has 4 nitrogen and oxygen atoms in total. The SMILES string of the molecule is C[C@H]1CC[C@@H](C=O)CN1C(=O)OC(C)(C)C. The molecule has 1 aliphatic heterocycles. The first-order chi connectivity index (χ1) is 7.33. The van der Waals surface area contributed by atoms with Crippen LogP contribution in [0.4, 0.5) is 4.79 Å². The van der Waals surface area contributed by atoms with Crippen LogP contribution in [0.25, 0.3) is 0 Å². The Morgan fingerprint density at radius 1 is 1.38 bits per heavy atom. The molecule has 1 heterocycles. The fourth-order valence-corrected chi connectivity index (χ4v) is 1.82. The van der Waals surface area contributed by atoms with Gasteiger partial charge in [0.05, 0.1) is 0 Å². The predicted octanol–water partition coefficient (Wildman–Crippen LogP) is 2.22. The molecular formula is C12H21NO3. The standard InChI is InChI=1S/C12H21NO3/c1-9-5-6-10(8-14)7-13(9)11(15)16-12(2,3)4/h8-10H,5-7H2,1-4H3/t9-,10+/m0/s1. The summed E-state index contributed by atoms with van der Waals surface area (Å²) in [5.41, 5.74) is -0.481. The molecule has 1 aliphatic rings. The average Bonchev–Trinajstić information content (AvgIpc) is 2.15. The van der Waals surface area contributed by atoms with E-state index in [2.05, 4.69) is 0 Å². The van der Waals surface area contributed by atoms with Crippen molar-refractivity contribution in [1.29, 1.82) is 0 Å². The Hall–Kier alpha value is -1.06. The second-order valence-electron chi connectivity index (χ2n) is 5.46. The quantitative estimate of drug-likeness (QED) is 0.645. The lowest BCUT2D eigenvalue weighted by molar-refractivity contribution is -0.112. The van der Waals surface area contributed by atoms with Gasteiger partial charge in [-0.05, 0) is 40.5 Å². The Labute approximate surface area is 96.9 Å². The summed E-state index contributed by atoms with van der Waals surface area (Å²) >= 11 is 0. The predicted molar refractivity (Wildman–Crippen MR) is 61.2 cm³/mol. The Morgan fingerprint density at radius 3 is 2.50 bits per heavy atom. The van der Waals surface area contributed by atoms with Gasteiger partial charge < -0.3 is 14.4 Å². The van der Waals surface area contributed by atoms with Gasteiger partial charge in [0.2, 0.25) is 0 Å². The molecule has 0 aromatic carbocycles. The van der Waals surface area contributed by atoms with E-state index in [1.54, 1.807) is 4.90 Å². The number of carbonyl (C=O) groups excluding carboxylic acids is 2. The third-order valence-corrected chi connectivity index (χ3v) is 2.74. The fraction of sp³-hybridized carbons (Fsp3) is 0.833. The lowest BCUT2D eigenvalue weighted by Crippen LogP contribution is -2.47. The van der Waals surface area contributed by atoms with Crippen LogP contribution in [0.3, 0.4) is 0 Å². The summed E-state index contributed by atoms with van der Waals surface area (Å²) in [6.07, 6.45) is 2.35. The summed E-state index contributed by atoms with van der Waals surface area (Å²) in [6, 6.07) is 0.158. The monoisotopic (exact) mass is 227 g/mol. The van der Waals surface area contributed by atoms with Crippen molar-refractivity contribution in [2.75, 3.05) is 6.54 Å². The molecule has 1 amide bonds. The number of nitrogens with zero attached hydrogens (tertiary/aromatic N) is 1. The summed E-state index contributed by atoms with van der Waals surface area (Å²) in [4.78, 5) is 24.3. The molecule has 92 valence electrons. The van der Waals surface area contributed by atoms with Crippen molar-refractivity contribution >= 4 is 12.4 Å². The number of piperidine rings is 1. The van der Waals surface area contributed by atoms with Gasteiger partial charge in [-0.25, -0.2) is 4.79 Å². The van der Waals surface area contributed by atoms with Crippen LogP contribution in [0.1, 0.15) is 40.5 Å². The number of hydrogen-bond donors (Lipinski definition) is 0. The van der Waals surface area contributed by atoms with Gasteiger partial charge >= 0.3 is 6.09 Å². The highest BCUT2D eigenvalue weighted by Crippen LogP contribution is 2.22. The smallest absolute Gasteiger partial charge is 0.410 e. The molecule has 0 aromatic heterocycles. The van der Waals surface area contributed by atoms with E-state index in [1.807, 2.05) is 27.7 Å². The third-order valence-electron chi connectivity index (χ3n) is 2.74. The van der Waals surface area contributed by atoms with E-state index in [0.29, 0.717) is 6.54 Å². The van der Waals surface area contributed by atoms with E-state index in [9.17, 15) is 9.59 Å². The second kappa shape index (κ2) is 4.85. The number of rotatable bonds is 1. The van der Waals surface area contributed by atoms with Crippen molar-refractivity contribution < 1.29 is 14.3 Å². The van der Waals surface area contributed by atoms with Gasteiger partial charge in [-0.3, -0.25) is 0 Å². The molecule has 0 spiro atoms. The van der Waals surface area contributed by atoms with E-state index in [1.165, 1.54) is 0 Å². The summed E-state index contributed by atoms with van der Waals surface area (Å²) < 4.78 is 5.31. The van der Waals surface area contributed by atoms with Gasteiger partial charge in [0.15, 0.2) is 0 Å². The zero-order valence-electron chi connectivity index (χ0n) is 10.5. The molecule has 0 saturated carbocycles. The Kier molecular flexibility index (Phi) is 3.94. The van der Waals surface area contributed by atoms with E-state index in [-0.39, 0.29) is 18.1 Å². The Morgan fingerprint density at radius 2 is 2.00 bits per heavy atom. The van der Waals surface area contributed by atoms with Gasteiger partial charge in [-0.2, -0.15) is 0 Å². The minimum Gasteiger partial charge on any atom is -0.444 e. The number of carbonyl (C=O) groups is 2. The van der Waals surface area contributed by atoms with E-state index >= 15 is 0 Å². The van der Waals surface area contributed by atoms with Gasteiger partial charge in [-0.15, -0.1) is 0 Å². The van der Waals surface area contributed by atoms with Crippen LogP contribution in [0.15, 0.2) is 0 Å². The van der Waals surface area contributed by atoms with Crippen LogP contribution in [-0.2, 0) is 9.53 Å². The number of amides is 1. The molecule has 4 heteroatoms. The van der Waals surface area contributed by atoms with Crippen LogP contribution >= 0.6 is 0 Å². The van der Waals surface area contributed by atoms with Crippen LogP contribution in [-0.4, -0.2) is 35.5 Å². The zero-order valence-corrected chi connectivity index (χ0v) is 10.5. The highest BCUT2D eigenvalue weighted by atomic mass is 16.6. The molecule has 0 unspecified atom stereocenters. The second-order valence-corrected chi connectivity index (χ2v) is 5.46. The van der Waals surface area contributed by atoms with Crippen LogP contribution in [0.5, 0.6) is 0 Å². The first-order valence-corrected chi connectivity index (χ1v) is 5.78. The number of aldehydes is 1. The summed E-state index contributed by atoms with van der Waals surface area (Å²) in [6.45, 7) is 8.01. The number of likely N-dealkylation sites (tertiary alicyclic amines) is 1. The molecule has 1 saturated heterocycles. The molecule has 0 N–H and O–H groups in total. The highest BCUT2D eigenvalue weighted by Gasteiger charge is 2.31. The van der Waals surface area contributed by atoms with Crippen LogP contribution < -0.4 is 0 Å². The molecule has 16 heavy (non-hydrogen) atoms. The van der Waals surface area contributed by atoms with E-state index in [4.69, 9.17) is 4.74 Å². The molecule has 1 fully saturated rings. The van der Waals surface area contributed by atoms with Crippen molar-refractivity contribution in [3.63, 3.8) is 0 Å². The topological polar surface area (TPSA) is 46.6 Å². The summed E-state index contributed by atoms with van der Waals surface area (Å²) in [5, 5.41) is 0. The van der Waals surface area contributed by atoms with E-state index < -0.39 is 5.60 Å². The molecular weight excluding hydrogens is 206 g/mol. The van der Waals surface area contributed by atoms with Crippen molar-refractivity contribution in [3.05, 3.63) is 0 Å². The highest BCUT2D eigenvalue weighted by molar-refractivity contribution is 5.69. The lowest BCUT2D eigenvalue weighted by atomic mass is 9.95. The number of ether oxygens (including phenoxy) is 1. The molecule has 0 bridgehead atoms. The fourth-order valence-electron chi connectivity index (χ4n) is 1.82. The van der Waals surface area contributed by atoms with Crippen LogP contribution in [0.2, 0.25) is 0 Å². The maximum atomic E-state index is 11.9. The maximum absolute atomic E-state index is 11.9.